The summed E-state index contributed by atoms with van der Waals surface area (Å²) >= 11 is 0. The fourth-order valence-corrected chi connectivity index (χ4v) is 2.66. The molecule has 0 aromatic heterocycles. The van der Waals surface area contributed by atoms with Gasteiger partial charge in [0.25, 0.3) is 0 Å². The van der Waals surface area contributed by atoms with Gasteiger partial charge in [-0.15, -0.1) is 0 Å². The summed E-state index contributed by atoms with van der Waals surface area (Å²) in [6.45, 7) is 0. The van der Waals surface area contributed by atoms with E-state index >= 15 is 0 Å². The molecule has 4 fully saturated rings. The summed E-state index contributed by atoms with van der Waals surface area (Å²) < 4.78 is 39.0. The summed E-state index contributed by atoms with van der Waals surface area (Å²) in [5.74, 6) is 3.24. The van der Waals surface area contributed by atoms with Crippen LogP contribution in [0.25, 0.3) is 0 Å². The maximum Gasteiger partial charge on any atom is 3.00 e. The number of fused-ring (bicyclic) bond motifs is 4. The predicted molar refractivity (Wildman–Crippen MR) is 67.8 cm³/mol. The molecule has 110 valence electrons. The van der Waals surface area contributed by atoms with Crippen LogP contribution in [0, 0.1) is 75.0 Å². The van der Waals surface area contributed by atoms with Crippen LogP contribution in [-0.4, -0.2) is 7.25 Å². The maximum atomic E-state index is 9.75. The van der Waals surface area contributed by atoms with Crippen LogP contribution in [0.1, 0.15) is 12.8 Å². The van der Waals surface area contributed by atoms with Crippen molar-refractivity contribution in [2.24, 2.45) is 23.7 Å². The monoisotopic (exact) mass is 374 g/mol. The minimum atomic E-state index is -6.00. The average Bonchev–Trinajstić information content (AvgIpc) is 3.10. The zero-order chi connectivity index (χ0) is 13.9. The van der Waals surface area contributed by atoms with Gasteiger partial charge in [-0.05, 0) is 87.9 Å². The van der Waals surface area contributed by atoms with E-state index in [0.717, 1.165) is 23.7 Å². The molecule has 4 rings (SSSR count). The Morgan fingerprint density at radius 3 is 0.750 bits per heavy atom. The van der Waals surface area contributed by atoms with Gasteiger partial charge in [-0.1, -0.05) is 0 Å². The van der Waals surface area contributed by atoms with Crippen molar-refractivity contribution in [2.45, 2.75) is 12.8 Å². The Bertz CT molecular complexity index is 221. The van der Waals surface area contributed by atoms with Gasteiger partial charge in [0.2, 0.25) is 0 Å². The van der Waals surface area contributed by atoms with Gasteiger partial charge in [-0.3, -0.25) is 0 Å². The number of halogens is 4. The second-order valence-electron chi connectivity index (χ2n) is 5.16. The number of hydrogen-bond acceptors (Lipinski definition) is 0. The molecule has 6 heteroatoms. The van der Waals surface area contributed by atoms with Crippen molar-refractivity contribution >= 4 is 7.25 Å². The smallest absolute Gasteiger partial charge is 0.418 e. The molecule has 0 atom stereocenters. The Morgan fingerprint density at radius 1 is 0.550 bits per heavy atom. The zero-order valence-electron chi connectivity index (χ0n) is 10.8. The normalized spacial score (nSPS) is 36.6. The van der Waals surface area contributed by atoms with Gasteiger partial charge in [-0.2, -0.15) is 0 Å². The summed E-state index contributed by atoms with van der Waals surface area (Å²) in [7, 11) is -6.00. The summed E-state index contributed by atoms with van der Waals surface area (Å²) in [6.07, 6.45) is 21.1. The molecule has 0 saturated heterocycles. The van der Waals surface area contributed by atoms with Gasteiger partial charge in [-0.25, -0.2) is 0 Å². The Morgan fingerprint density at radius 2 is 0.700 bits per heavy atom. The summed E-state index contributed by atoms with van der Waals surface area (Å²) in [4.78, 5) is 0. The van der Waals surface area contributed by atoms with Crippen molar-refractivity contribution in [3.63, 3.8) is 0 Å². The first kappa shape index (κ1) is 18.5. The third-order valence-electron chi connectivity index (χ3n) is 3.51. The van der Waals surface area contributed by atoms with E-state index in [2.05, 4.69) is 51.4 Å². The van der Waals surface area contributed by atoms with Crippen molar-refractivity contribution in [3.05, 3.63) is 51.4 Å². The van der Waals surface area contributed by atoms with Crippen molar-refractivity contribution in [3.8, 4) is 0 Å². The molecule has 0 heterocycles. The fraction of sp³-hybridized carbons (Fsp3) is 0.429. The molecule has 0 unspecified atom stereocenters. The standard InChI is InChI=1S/2C7H8.BF4.Rh/c2*1-2-7-4-3-6(1)5-7;2-1(3,4)5;/h2*1-4,6-7H,5H2;;/q;;-1;+3. The van der Waals surface area contributed by atoms with E-state index in [-0.39, 0.29) is 19.5 Å². The maximum absolute atomic E-state index is 9.75. The molecule has 4 saturated carbocycles. The Kier molecular flexibility index (Phi) is 7.52. The SMILES string of the molecule is F[B-](F)(F)F.[CH]1[CH]C2[CH][CH]C1C2.[CH]1[CH]C2[CH][CH]C1C2.[Rh+3]. The largest absolute Gasteiger partial charge is 3.00 e. The Hall–Kier alpha value is 0.408. The molecule has 4 aliphatic rings. The fourth-order valence-electron chi connectivity index (χ4n) is 2.66. The molecule has 4 bridgehead atoms. The number of rotatable bonds is 0. The third kappa shape index (κ3) is 6.91. The summed E-state index contributed by atoms with van der Waals surface area (Å²) in [5, 5.41) is 0. The van der Waals surface area contributed by atoms with E-state index < -0.39 is 7.25 Å². The van der Waals surface area contributed by atoms with Crippen LogP contribution >= 0.6 is 0 Å². The molecule has 20 heavy (non-hydrogen) atoms. The van der Waals surface area contributed by atoms with Crippen molar-refractivity contribution in [1.82, 2.24) is 0 Å². The van der Waals surface area contributed by atoms with Gasteiger partial charge < -0.3 is 17.3 Å². The van der Waals surface area contributed by atoms with Crippen molar-refractivity contribution < 1.29 is 36.7 Å². The van der Waals surface area contributed by atoms with E-state index in [1.165, 1.54) is 12.8 Å². The molecule has 4 aliphatic carbocycles. The quantitative estimate of drug-likeness (QED) is 0.441. The molecular formula is C14H16BF4Rh+2. The summed E-state index contributed by atoms with van der Waals surface area (Å²) in [6, 6.07) is 0. The molecular weight excluding hydrogens is 358 g/mol. The van der Waals surface area contributed by atoms with Gasteiger partial charge in [0.05, 0.1) is 0 Å². The first-order valence-corrected chi connectivity index (χ1v) is 6.51. The van der Waals surface area contributed by atoms with E-state index in [1.54, 1.807) is 0 Å². The topological polar surface area (TPSA) is 0 Å². The van der Waals surface area contributed by atoms with Crippen molar-refractivity contribution in [2.75, 3.05) is 0 Å². The third-order valence-corrected chi connectivity index (χ3v) is 3.51. The minimum Gasteiger partial charge on any atom is -0.418 e. The first-order valence-electron chi connectivity index (χ1n) is 6.51. The van der Waals surface area contributed by atoms with Crippen LogP contribution in [0.15, 0.2) is 0 Å². The van der Waals surface area contributed by atoms with Crippen LogP contribution in [0.2, 0.25) is 0 Å². The second-order valence-corrected chi connectivity index (χ2v) is 5.16. The molecule has 0 aliphatic heterocycles. The molecule has 0 amide bonds. The van der Waals surface area contributed by atoms with Crippen LogP contribution in [-0.2, 0) is 19.5 Å². The molecule has 0 nitrogen and oxygen atoms in total. The van der Waals surface area contributed by atoms with Gasteiger partial charge in [0.15, 0.2) is 0 Å². The molecule has 0 N–H and O–H groups in total. The molecule has 0 aromatic rings. The number of hydrogen-bond donors (Lipinski definition) is 0. The first-order chi connectivity index (χ1) is 8.90. The van der Waals surface area contributed by atoms with Crippen LogP contribution in [0.3, 0.4) is 0 Å². The van der Waals surface area contributed by atoms with E-state index in [4.69, 9.17) is 0 Å². The molecule has 8 radical (unpaired) electrons. The minimum absolute atomic E-state index is 0. The predicted octanol–water partition coefficient (Wildman–Crippen LogP) is 4.20. The van der Waals surface area contributed by atoms with Crippen LogP contribution in [0.5, 0.6) is 0 Å². The van der Waals surface area contributed by atoms with Crippen molar-refractivity contribution in [1.29, 1.82) is 0 Å². The molecule has 0 spiro atoms. The van der Waals surface area contributed by atoms with Gasteiger partial charge >= 0.3 is 26.7 Å². The van der Waals surface area contributed by atoms with E-state index in [9.17, 15) is 17.3 Å². The van der Waals surface area contributed by atoms with Crippen LogP contribution < -0.4 is 0 Å². The zero-order valence-corrected chi connectivity index (χ0v) is 12.4. The molecule has 0 aromatic carbocycles. The van der Waals surface area contributed by atoms with Gasteiger partial charge in [0, 0.05) is 0 Å². The summed E-state index contributed by atoms with van der Waals surface area (Å²) in [5.41, 5.74) is 0. The van der Waals surface area contributed by atoms with E-state index in [0.29, 0.717) is 0 Å². The van der Waals surface area contributed by atoms with Gasteiger partial charge in [0.1, 0.15) is 0 Å². The second kappa shape index (κ2) is 8.15. The Labute approximate surface area is 132 Å². The average molecular weight is 374 g/mol. The van der Waals surface area contributed by atoms with E-state index in [1.807, 2.05) is 0 Å². The Balaban J connectivity index is 0.000000150. The van der Waals surface area contributed by atoms with Crippen LogP contribution in [0.4, 0.5) is 17.3 Å².